The minimum atomic E-state index is 0.0143. The van der Waals surface area contributed by atoms with E-state index in [9.17, 15) is 0 Å². The first kappa shape index (κ1) is 12.3. The van der Waals surface area contributed by atoms with E-state index < -0.39 is 0 Å². The van der Waals surface area contributed by atoms with Gasteiger partial charge in [-0.15, -0.1) is 6.58 Å². The largest absolute Gasteiger partial charge is 0.103 e. The van der Waals surface area contributed by atoms with Gasteiger partial charge in [0, 0.05) is 11.0 Å². The lowest BCUT2D eigenvalue weighted by Crippen LogP contribution is -2.11. The van der Waals surface area contributed by atoms with E-state index in [1.807, 2.05) is 24.3 Å². The summed E-state index contributed by atoms with van der Waals surface area (Å²) in [6, 6.07) is 10.1. The number of azide groups is 1. The second-order valence-electron chi connectivity index (χ2n) is 4.00. The van der Waals surface area contributed by atoms with Crippen molar-refractivity contribution in [1.29, 1.82) is 0 Å². The standard InChI is InChI=1S/C13H17N3/c1-3-11(2)9-13(15-16-14)10-12-7-5-4-6-8-12/h3-8,11,13H,1,9-10H2,2H3/t11-,13-/m1/s1. The molecule has 0 saturated carbocycles. The Kier molecular flexibility index (Phi) is 5.17. The van der Waals surface area contributed by atoms with Gasteiger partial charge in [-0.25, -0.2) is 0 Å². The van der Waals surface area contributed by atoms with Crippen LogP contribution in [-0.2, 0) is 6.42 Å². The van der Waals surface area contributed by atoms with Crippen LogP contribution < -0.4 is 0 Å². The van der Waals surface area contributed by atoms with E-state index in [1.54, 1.807) is 0 Å². The molecule has 0 aliphatic heterocycles. The third-order valence-corrected chi connectivity index (χ3v) is 2.58. The first-order valence-corrected chi connectivity index (χ1v) is 5.47. The van der Waals surface area contributed by atoms with Crippen LogP contribution in [0.1, 0.15) is 18.9 Å². The van der Waals surface area contributed by atoms with Gasteiger partial charge in [0.15, 0.2) is 0 Å². The van der Waals surface area contributed by atoms with Crippen LogP contribution in [0.2, 0.25) is 0 Å². The first-order chi connectivity index (χ1) is 7.76. The molecule has 0 amide bonds. The minimum absolute atomic E-state index is 0.0143. The lowest BCUT2D eigenvalue weighted by Gasteiger charge is -2.13. The Hall–Kier alpha value is -1.73. The molecular weight excluding hydrogens is 198 g/mol. The zero-order valence-corrected chi connectivity index (χ0v) is 9.58. The monoisotopic (exact) mass is 215 g/mol. The van der Waals surface area contributed by atoms with Gasteiger partial charge in [0.25, 0.3) is 0 Å². The number of hydrogen-bond donors (Lipinski definition) is 0. The van der Waals surface area contributed by atoms with Gasteiger partial charge in [-0.1, -0.05) is 48.4 Å². The Labute approximate surface area is 96.4 Å². The van der Waals surface area contributed by atoms with Crippen LogP contribution in [-0.4, -0.2) is 6.04 Å². The molecule has 3 nitrogen and oxygen atoms in total. The molecule has 0 aliphatic carbocycles. The molecule has 0 heterocycles. The highest BCUT2D eigenvalue weighted by atomic mass is 15.1. The Morgan fingerprint density at radius 3 is 2.69 bits per heavy atom. The van der Waals surface area contributed by atoms with Crippen molar-refractivity contribution in [2.75, 3.05) is 0 Å². The van der Waals surface area contributed by atoms with Crippen LogP contribution in [0.4, 0.5) is 0 Å². The molecule has 0 bridgehead atoms. The van der Waals surface area contributed by atoms with Gasteiger partial charge in [-0.3, -0.25) is 0 Å². The zero-order chi connectivity index (χ0) is 11.8. The molecule has 0 fully saturated rings. The van der Waals surface area contributed by atoms with Crippen LogP contribution in [0.25, 0.3) is 10.4 Å². The quantitative estimate of drug-likeness (QED) is 0.296. The maximum absolute atomic E-state index is 8.53. The molecule has 1 rings (SSSR count). The average molecular weight is 215 g/mol. The van der Waals surface area contributed by atoms with Gasteiger partial charge >= 0.3 is 0 Å². The summed E-state index contributed by atoms with van der Waals surface area (Å²) >= 11 is 0. The molecule has 1 aromatic carbocycles. The van der Waals surface area contributed by atoms with Gasteiger partial charge in [-0.2, -0.15) is 0 Å². The van der Waals surface area contributed by atoms with Gasteiger partial charge in [0.1, 0.15) is 0 Å². The molecule has 0 saturated heterocycles. The van der Waals surface area contributed by atoms with Gasteiger partial charge in [0.05, 0.1) is 0 Å². The van der Waals surface area contributed by atoms with Crippen LogP contribution in [0, 0.1) is 5.92 Å². The fraction of sp³-hybridized carbons (Fsp3) is 0.385. The number of rotatable bonds is 6. The van der Waals surface area contributed by atoms with Crippen molar-refractivity contribution < 1.29 is 0 Å². The normalized spacial score (nSPS) is 13.6. The van der Waals surface area contributed by atoms with E-state index in [-0.39, 0.29) is 6.04 Å². The Balaban J connectivity index is 2.64. The van der Waals surface area contributed by atoms with Crippen molar-refractivity contribution >= 4 is 0 Å². The lowest BCUT2D eigenvalue weighted by atomic mass is 9.97. The highest BCUT2D eigenvalue weighted by Crippen LogP contribution is 2.15. The molecule has 0 aliphatic rings. The number of allylic oxidation sites excluding steroid dienone is 1. The average Bonchev–Trinajstić information content (AvgIpc) is 2.30. The third-order valence-electron chi connectivity index (χ3n) is 2.58. The molecule has 0 N–H and O–H groups in total. The van der Waals surface area contributed by atoms with Crippen molar-refractivity contribution in [2.24, 2.45) is 11.0 Å². The van der Waals surface area contributed by atoms with E-state index in [0.29, 0.717) is 5.92 Å². The maximum Gasteiger partial charge on any atom is 0.0419 e. The zero-order valence-electron chi connectivity index (χ0n) is 9.58. The minimum Gasteiger partial charge on any atom is -0.103 e. The van der Waals surface area contributed by atoms with E-state index >= 15 is 0 Å². The smallest absolute Gasteiger partial charge is 0.0419 e. The first-order valence-electron chi connectivity index (χ1n) is 5.47. The van der Waals surface area contributed by atoms with Crippen molar-refractivity contribution in [3.05, 3.63) is 59.0 Å². The number of nitrogens with zero attached hydrogens (tertiary/aromatic N) is 3. The Morgan fingerprint density at radius 1 is 1.44 bits per heavy atom. The third kappa shape index (κ3) is 4.20. The summed E-state index contributed by atoms with van der Waals surface area (Å²) in [5, 5.41) is 3.84. The molecule has 1 aromatic rings. The predicted molar refractivity (Wildman–Crippen MR) is 67.1 cm³/mol. The van der Waals surface area contributed by atoms with E-state index in [1.165, 1.54) is 5.56 Å². The molecular formula is C13H17N3. The Morgan fingerprint density at radius 2 is 2.12 bits per heavy atom. The molecule has 3 heteroatoms. The summed E-state index contributed by atoms with van der Waals surface area (Å²) in [7, 11) is 0. The van der Waals surface area contributed by atoms with Gasteiger partial charge < -0.3 is 0 Å². The van der Waals surface area contributed by atoms with E-state index in [2.05, 4.69) is 35.7 Å². The molecule has 84 valence electrons. The van der Waals surface area contributed by atoms with Crippen LogP contribution >= 0.6 is 0 Å². The number of benzene rings is 1. The Bertz CT molecular complexity index is 366. The van der Waals surface area contributed by atoms with Gasteiger partial charge in [0.2, 0.25) is 0 Å². The van der Waals surface area contributed by atoms with Crippen molar-refractivity contribution in [1.82, 2.24) is 0 Å². The molecule has 0 spiro atoms. The second-order valence-corrected chi connectivity index (χ2v) is 4.00. The molecule has 0 aromatic heterocycles. The summed E-state index contributed by atoms with van der Waals surface area (Å²) in [5.41, 5.74) is 9.74. The highest BCUT2D eigenvalue weighted by Gasteiger charge is 2.10. The van der Waals surface area contributed by atoms with Crippen LogP contribution in [0.5, 0.6) is 0 Å². The summed E-state index contributed by atoms with van der Waals surface area (Å²) in [6.45, 7) is 5.83. The summed E-state index contributed by atoms with van der Waals surface area (Å²) in [6.07, 6.45) is 3.54. The van der Waals surface area contributed by atoms with Crippen LogP contribution in [0.15, 0.2) is 48.1 Å². The van der Waals surface area contributed by atoms with Crippen molar-refractivity contribution in [3.8, 4) is 0 Å². The van der Waals surface area contributed by atoms with Crippen molar-refractivity contribution in [3.63, 3.8) is 0 Å². The van der Waals surface area contributed by atoms with E-state index in [4.69, 9.17) is 5.53 Å². The second kappa shape index (κ2) is 6.70. The highest BCUT2D eigenvalue weighted by molar-refractivity contribution is 5.16. The molecule has 16 heavy (non-hydrogen) atoms. The molecule has 0 unspecified atom stereocenters. The maximum atomic E-state index is 8.53. The summed E-state index contributed by atoms with van der Waals surface area (Å²) < 4.78 is 0. The predicted octanol–water partition coefficient (Wildman–Crippen LogP) is 4.12. The lowest BCUT2D eigenvalue weighted by molar-refractivity contribution is 0.527. The van der Waals surface area contributed by atoms with Gasteiger partial charge in [-0.05, 0) is 29.9 Å². The molecule has 0 radical (unpaired) electrons. The van der Waals surface area contributed by atoms with E-state index in [0.717, 1.165) is 12.8 Å². The SMILES string of the molecule is C=C[C@@H](C)C[C@H](Cc1ccccc1)N=[N+]=[N-]. The number of hydrogen-bond acceptors (Lipinski definition) is 1. The van der Waals surface area contributed by atoms with Crippen LogP contribution in [0.3, 0.4) is 0 Å². The summed E-state index contributed by atoms with van der Waals surface area (Å²) in [4.78, 5) is 2.91. The topological polar surface area (TPSA) is 48.8 Å². The summed E-state index contributed by atoms with van der Waals surface area (Å²) in [5.74, 6) is 0.374. The fourth-order valence-electron chi connectivity index (χ4n) is 1.66. The van der Waals surface area contributed by atoms with Crippen molar-refractivity contribution in [2.45, 2.75) is 25.8 Å². The molecule has 2 atom stereocenters. The fourth-order valence-corrected chi connectivity index (χ4v) is 1.66.